The van der Waals surface area contributed by atoms with Gasteiger partial charge in [-0.05, 0) is 43.4 Å². The Labute approximate surface area is 96.2 Å². The first-order valence-electron chi connectivity index (χ1n) is 5.87. The molecule has 1 fully saturated rings. The molecule has 0 N–H and O–H groups in total. The van der Waals surface area contributed by atoms with E-state index in [1.165, 1.54) is 24.0 Å². The summed E-state index contributed by atoms with van der Waals surface area (Å²) in [5.41, 5.74) is 4.84. The van der Waals surface area contributed by atoms with Crippen LogP contribution in [-0.4, -0.2) is 4.98 Å². The average Bonchev–Trinajstić information content (AvgIpc) is 3.13. The third kappa shape index (κ3) is 1.85. The van der Waals surface area contributed by atoms with E-state index in [2.05, 4.69) is 41.4 Å². The minimum absolute atomic E-state index is 0.833. The predicted molar refractivity (Wildman–Crippen MR) is 66.4 cm³/mol. The number of rotatable bonds is 2. The molecule has 16 heavy (non-hydrogen) atoms. The zero-order valence-electron chi connectivity index (χ0n) is 9.48. The molecule has 1 heteroatoms. The molecule has 1 aliphatic rings. The molecule has 0 spiro atoms. The van der Waals surface area contributed by atoms with Crippen molar-refractivity contribution in [3.8, 4) is 11.3 Å². The third-order valence-corrected chi connectivity index (χ3v) is 3.14. The molecule has 80 valence electrons. The fourth-order valence-electron chi connectivity index (χ4n) is 2.05. The van der Waals surface area contributed by atoms with E-state index in [9.17, 15) is 0 Å². The molecule has 0 unspecified atom stereocenters. The molecule has 1 aromatic heterocycles. The first-order chi connectivity index (χ1) is 7.83. The Morgan fingerprint density at radius 2 is 1.75 bits per heavy atom. The van der Waals surface area contributed by atoms with Gasteiger partial charge in [-0.1, -0.05) is 30.3 Å². The van der Waals surface area contributed by atoms with Gasteiger partial charge in [0, 0.05) is 11.3 Å². The van der Waals surface area contributed by atoms with Gasteiger partial charge in [0.05, 0.1) is 5.69 Å². The van der Waals surface area contributed by atoms with Crippen LogP contribution < -0.4 is 0 Å². The van der Waals surface area contributed by atoms with Crippen LogP contribution in [0, 0.1) is 6.92 Å². The van der Waals surface area contributed by atoms with Gasteiger partial charge in [-0.2, -0.15) is 0 Å². The molecule has 0 aliphatic heterocycles. The first kappa shape index (κ1) is 9.59. The quantitative estimate of drug-likeness (QED) is 0.730. The van der Waals surface area contributed by atoms with Crippen molar-refractivity contribution < 1.29 is 0 Å². The van der Waals surface area contributed by atoms with Gasteiger partial charge in [0.1, 0.15) is 0 Å². The van der Waals surface area contributed by atoms with Crippen molar-refractivity contribution in [1.29, 1.82) is 0 Å². The summed E-state index contributed by atoms with van der Waals surface area (Å²) in [7, 11) is 0. The largest absolute Gasteiger partial charge is 0.253 e. The third-order valence-electron chi connectivity index (χ3n) is 3.14. The van der Waals surface area contributed by atoms with Gasteiger partial charge in [0.15, 0.2) is 0 Å². The monoisotopic (exact) mass is 209 g/mol. The van der Waals surface area contributed by atoms with Crippen molar-refractivity contribution in [2.45, 2.75) is 25.7 Å². The molecule has 0 radical (unpaired) electrons. The Morgan fingerprint density at radius 3 is 2.38 bits per heavy atom. The lowest BCUT2D eigenvalue weighted by atomic mass is 10.1. The molecule has 1 nitrogen and oxygen atoms in total. The van der Waals surface area contributed by atoms with Crippen LogP contribution >= 0.6 is 0 Å². The summed E-state index contributed by atoms with van der Waals surface area (Å²) in [5.74, 6) is 0.833. The number of aromatic nitrogens is 1. The van der Waals surface area contributed by atoms with Gasteiger partial charge >= 0.3 is 0 Å². The van der Waals surface area contributed by atoms with Gasteiger partial charge in [-0.3, -0.25) is 4.98 Å². The molecular formula is C15H15N. The number of benzene rings is 1. The molecule has 0 bridgehead atoms. The lowest BCUT2D eigenvalue weighted by Crippen LogP contribution is -1.86. The minimum atomic E-state index is 0.833. The Balaban J connectivity index is 1.94. The number of hydrogen-bond acceptors (Lipinski definition) is 1. The second-order valence-electron chi connectivity index (χ2n) is 4.56. The van der Waals surface area contributed by atoms with Gasteiger partial charge in [0.25, 0.3) is 0 Å². The summed E-state index contributed by atoms with van der Waals surface area (Å²) in [5, 5.41) is 0. The van der Waals surface area contributed by atoms with Crippen LogP contribution in [0.5, 0.6) is 0 Å². The van der Waals surface area contributed by atoms with Gasteiger partial charge in [-0.25, -0.2) is 0 Å². The maximum atomic E-state index is 4.53. The van der Waals surface area contributed by atoms with E-state index in [-0.39, 0.29) is 0 Å². The zero-order chi connectivity index (χ0) is 11.0. The Morgan fingerprint density at radius 1 is 1.00 bits per heavy atom. The van der Waals surface area contributed by atoms with Crippen molar-refractivity contribution in [3.63, 3.8) is 0 Å². The van der Waals surface area contributed by atoms with Crippen LogP contribution in [0.2, 0.25) is 0 Å². The Bertz CT molecular complexity index is 495. The van der Waals surface area contributed by atoms with Crippen LogP contribution in [0.3, 0.4) is 0 Å². The molecule has 1 aromatic carbocycles. The summed E-state index contributed by atoms with van der Waals surface area (Å²) < 4.78 is 0. The summed E-state index contributed by atoms with van der Waals surface area (Å²) in [6.45, 7) is 2.03. The lowest BCUT2D eigenvalue weighted by molar-refractivity contribution is 1.13. The average molecular weight is 209 g/mol. The van der Waals surface area contributed by atoms with Gasteiger partial charge in [0.2, 0.25) is 0 Å². The number of aryl methyl sites for hydroxylation is 1. The highest BCUT2D eigenvalue weighted by Gasteiger charge is 2.22. The van der Waals surface area contributed by atoms with E-state index in [4.69, 9.17) is 0 Å². The molecule has 0 atom stereocenters. The van der Waals surface area contributed by atoms with Crippen molar-refractivity contribution in [2.75, 3.05) is 0 Å². The fourth-order valence-corrected chi connectivity index (χ4v) is 2.05. The zero-order valence-corrected chi connectivity index (χ0v) is 9.48. The van der Waals surface area contributed by atoms with E-state index in [1.54, 1.807) is 0 Å². The Kier molecular flexibility index (Phi) is 2.24. The SMILES string of the molecule is Cc1cccc(-c2ccc(C3CC3)cc2)n1. The highest BCUT2D eigenvalue weighted by molar-refractivity contribution is 5.59. The normalized spacial score (nSPS) is 15.1. The second kappa shape index (κ2) is 3.75. The molecule has 2 aromatic rings. The van der Waals surface area contributed by atoms with Crippen LogP contribution in [0.4, 0.5) is 0 Å². The highest BCUT2D eigenvalue weighted by Crippen LogP contribution is 2.40. The molecule has 1 saturated carbocycles. The predicted octanol–water partition coefficient (Wildman–Crippen LogP) is 3.93. The van der Waals surface area contributed by atoms with E-state index >= 15 is 0 Å². The Hall–Kier alpha value is -1.63. The van der Waals surface area contributed by atoms with Crippen LogP contribution in [0.25, 0.3) is 11.3 Å². The molecule has 1 aliphatic carbocycles. The maximum absolute atomic E-state index is 4.53. The van der Waals surface area contributed by atoms with Crippen molar-refractivity contribution in [2.24, 2.45) is 0 Å². The van der Waals surface area contributed by atoms with Crippen molar-refractivity contribution in [3.05, 3.63) is 53.7 Å². The summed E-state index contributed by atoms with van der Waals surface area (Å²) in [6, 6.07) is 15.0. The highest BCUT2D eigenvalue weighted by atomic mass is 14.7. The van der Waals surface area contributed by atoms with E-state index in [1.807, 2.05) is 13.0 Å². The number of nitrogens with zero attached hydrogens (tertiary/aromatic N) is 1. The molecular weight excluding hydrogens is 194 g/mol. The van der Waals surface area contributed by atoms with Gasteiger partial charge < -0.3 is 0 Å². The van der Waals surface area contributed by atoms with Gasteiger partial charge in [-0.15, -0.1) is 0 Å². The van der Waals surface area contributed by atoms with Crippen LogP contribution in [0.15, 0.2) is 42.5 Å². The summed E-state index contributed by atoms with van der Waals surface area (Å²) in [6.07, 6.45) is 2.73. The minimum Gasteiger partial charge on any atom is -0.253 e. The first-order valence-corrected chi connectivity index (χ1v) is 5.87. The smallest absolute Gasteiger partial charge is 0.0705 e. The summed E-state index contributed by atoms with van der Waals surface area (Å²) in [4.78, 5) is 4.53. The number of pyridine rings is 1. The molecule has 0 amide bonds. The van der Waals surface area contributed by atoms with Crippen LogP contribution in [0.1, 0.15) is 30.0 Å². The van der Waals surface area contributed by atoms with Crippen molar-refractivity contribution >= 4 is 0 Å². The molecule has 1 heterocycles. The number of hydrogen-bond donors (Lipinski definition) is 0. The van der Waals surface area contributed by atoms with E-state index < -0.39 is 0 Å². The molecule has 0 saturated heterocycles. The lowest BCUT2D eigenvalue weighted by Gasteiger charge is -2.03. The topological polar surface area (TPSA) is 12.9 Å². The fraction of sp³-hybridized carbons (Fsp3) is 0.267. The second-order valence-corrected chi connectivity index (χ2v) is 4.56. The summed E-state index contributed by atoms with van der Waals surface area (Å²) >= 11 is 0. The maximum Gasteiger partial charge on any atom is 0.0705 e. The standard InChI is InChI=1S/C15H15N/c1-11-3-2-4-15(16-11)14-9-7-13(8-10-14)12-5-6-12/h2-4,7-10,12H,5-6H2,1H3. The van der Waals surface area contributed by atoms with E-state index in [0.29, 0.717) is 0 Å². The van der Waals surface area contributed by atoms with Crippen LogP contribution in [-0.2, 0) is 0 Å². The molecule has 3 rings (SSSR count). The van der Waals surface area contributed by atoms with Crippen molar-refractivity contribution in [1.82, 2.24) is 4.98 Å². The van der Waals surface area contributed by atoms with E-state index in [0.717, 1.165) is 17.3 Å².